The van der Waals surface area contributed by atoms with Crippen LogP contribution in [0.2, 0.25) is 0 Å². The monoisotopic (exact) mass is 372 g/mol. The van der Waals surface area contributed by atoms with E-state index in [9.17, 15) is 4.79 Å². The van der Waals surface area contributed by atoms with Crippen LogP contribution in [0.15, 0.2) is 29.6 Å². The first kappa shape index (κ1) is 17.6. The van der Waals surface area contributed by atoms with Gasteiger partial charge in [0.05, 0.1) is 36.5 Å². The topological polar surface area (TPSA) is 51.7 Å². The van der Waals surface area contributed by atoms with E-state index in [1.165, 1.54) is 0 Å². The van der Waals surface area contributed by atoms with E-state index in [-0.39, 0.29) is 17.6 Å². The molecule has 0 N–H and O–H groups in total. The van der Waals surface area contributed by atoms with Crippen LogP contribution in [0.3, 0.4) is 0 Å². The van der Waals surface area contributed by atoms with Crippen molar-refractivity contribution in [3.63, 3.8) is 0 Å². The lowest BCUT2D eigenvalue weighted by molar-refractivity contribution is -0.188. The maximum absolute atomic E-state index is 12.6. The van der Waals surface area contributed by atoms with Gasteiger partial charge in [-0.3, -0.25) is 4.79 Å². The molecular weight excluding hydrogens is 348 g/mol. The van der Waals surface area contributed by atoms with E-state index in [1.54, 1.807) is 11.3 Å². The zero-order chi connectivity index (χ0) is 18.1. The SMILES string of the molecule is Cc1cccc(C(=O)N2CC3(C[C@@H](OCc4csc(C)n4)CCO3)C2)c1. The molecule has 0 unspecified atom stereocenters. The van der Waals surface area contributed by atoms with Gasteiger partial charge in [0.1, 0.15) is 5.60 Å². The van der Waals surface area contributed by atoms with Gasteiger partial charge in [0.2, 0.25) is 0 Å². The molecule has 0 saturated carbocycles. The van der Waals surface area contributed by atoms with E-state index in [0.29, 0.717) is 26.3 Å². The molecule has 2 aliphatic rings. The summed E-state index contributed by atoms with van der Waals surface area (Å²) in [7, 11) is 0. The quantitative estimate of drug-likeness (QED) is 0.826. The number of thiazole rings is 1. The molecule has 3 heterocycles. The third-order valence-corrected chi connectivity index (χ3v) is 5.91. The van der Waals surface area contributed by atoms with Crippen molar-refractivity contribution in [2.75, 3.05) is 19.7 Å². The fourth-order valence-electron chi connectivity index (χ4n) is 3.78. The van der Waals surface area contributed by atoms with Crippen molar-refractivity contribution in [3.05, 3.63) is 51.5 Å². The van der Waals surface area contributed by atoms with Crippen LogP contribution in [0.5, 0.6) is 0 Å². The van der Waals surface area contributed by atoms with Crippen molar-refractivity contribution in [1.82, 2.24) is 9.88 Å². The van der Waals surface area contributed by atoms with Gasteiger partial charge in [0.25, 0.3) is 5.91 Å². The predicted octanol–water partition coefficient (Wildman–Crippen LogP) is 3.35. The first-order valence-electron chi connectivity index (χ1n) is 9.06. The van der Waals surface area contributed by atoms with Gasteiger partial charge in [-0.15, -0.1) is 11.3 Å². The van der Waals surface area contributed by atoms with Crippen LogP contribution in [0.4, 0.5) is 0 Å². The third kappa shape index (κ3) is 3.68. The third-order valence-electron chi connectivity index (χ3n) is 5.09. The highest BCUT2D eigenvalue weighted by molar-refractivity contribution is 7.09. The number of aryl methyl sites for hydroxylation is 2. The van der Waals surface area contributed by atoms with Gasteiger partial charge in [0.15, 0.2) is 0 Å². The Labute approximate surface area is 157 Å². The Morgan fingerprint density at radius 1 is 1.42 bits per heavy atom. The largest absolute Gasteiger partial charge is 0.372 e. The number of carbonyl (C=O) groups is 1. The van der Waals surface area contributed by atoms with E-state index >= 15 is 0 Å². The Morgan fingerprint density at radius 2 is 2.27 bits per heavy atom. The van der Waals surface area contributed by atoms with E-state index in [0.717, 1.165) is 34.7 Å². The van der Waals surface area contributed by atoms with Crippen LogP contribution in [0.1, 0.15) is 39.5 Å². The van der Waals surface area contributed by atoms with E-state index in [4.69, 9.17) is 9.47 Å². The van der Waals surface area contributed by atoms with Crippen molar-refractivity contribution in [3.8, 4) is 0 Å². The second kappa shape index (κ2) is 7.10. The predicted molar refractivity (Wildman–Crippen MR) is 100 cm³/mol. The summed E-state index contributed by atoms with van der Waals surface area (Å²) in [6.45, 7) is 6.55. The van der Waals surface area contributed by atoms with Gasteiger partial charge in [-0.2, -0.15) is 0 Å². The number of hydrogen-bond donors (Lipinski definition) is 0. The highest BCUT2D eigenvalue weighted by Crippen LogP contribution is 2.36. The molecule has 4 rings (SSSR count). The Bertz CT molecular complexity index is 798. The van der Waals surface area contributed by atoms with Crippen molar-refractivity contribution in [1.29, 1.82) is 0 Å². The molecule has 2 saturated heterocycles. The van der Waals surface area contributed by atoms with Gasteiger partial charge in [-0.05, 0) is 32.4 Å². The molecule has 138 valence electrons. The second-order valence-electron chi connectivity index (χ2n) is 7.35. The molecule has 1 spiro atoms. The number of hydrogen-bond acceptors (Lipinski definition) is 5. The highest BCUT2D eigenvalue weighted by atomic mass is 32.1. The molecule has 5 nitrogen and oxygen atoms in total. The fraction of sp³-hybridized carbons (Fsp3) is 0.500. The average molecular weight is 372 g/mol. The zero-order valence-corrected chi connectivity index (χ0v) is 16.1. The van der Waals surface area contributed by atoms with Crippen LogP contribution in [0, 0.1) is 13.8 Å². The lowest BCUT2D eigenvalue weighted by Gasteiger charge is -2.53. The lowest BCUT2D eigenvalue weighted by Crippen LogP contribution is -2.67. The number of rotatable bonds is 4. The molecule has 2 fully saturated rings. The van der Waals surface area contributed by atoms with Crippen molar-refractivity contribution >= 4 is 17.2 Å². The smallest absolute Gasteiger partial charge is 0.254 e. The maximum atomic E-state index is 12.6. The molecule has 1 amide bonds. The summed E-state index contributed by atoms with van der Waals surface area (Å²) in [6.07, 6.45) is 1.91. The first-order chi connectivity index (χ1) is 12.5. The summed E-state index contributed by atoms with van der Waals surface area (Å²) in [4.78, 5) is 19.0. The Kier molecular flexibility index (Phi) is 4.82. The number of benzene rings is 1. The first-order valence-corrected chi connectivity index (χ1v) is 9.93. The number of nitrogens with zero attached hydrogens (tertiary/aromatic N) is 2. The molecule has 1 aromatic heterocycles. The molecule has 26 heavy (non-hydrogen) atoms. The Hall–Kier alpha value is -1.76. The van der Waals surface area contributed by atoms with Gasteiger partial charge >= 0.3 is 0 Å². The zero-order valence-electron chi connectivity index (χ0n) is 15.2. The Balaban J connectivity index is 1.32. The molecule has 0 bridgehead atoms. The van der Waals surface area contributed by atoms with Crippen molar-refractivity contribution < 1.29 is 14.3 Å². The molecule has 2 aromatic rings. The molecule has 0 radical (unpaired) electrons. The van der Waals surface area contributed by atoms with Crippen LogP contribution < -0.4 is 0 Å². The van der Waals surface area contributed by atoms with Gasteiger partial charge in [-0.25, -0.2) is 4.98 Å². The maximum Gasteiger partial charge on any atom is 0.254 e. The molecule has 1 atom stereocenters. The number of ether oxygens (including phenoxy) is 2. The van der Waals surface area contributed by atoms with Crippen molar-refractivity contribution in [2.45, 2.75) is 45.0 Å². The minimum absolute atomic E-state index is 0.0870. The Morgan fingerprint density at radius 3 is 3.00 bits per heavy atom. The second-order valence-corrected chi connectivity index (χ2v) is 8.41. The fourth-order valence-corrected chi connectivity index (χ4v) is 4.37. The van der Waals surface area contributed by atoms with Crippen LogP contribution >= 0.6 is 11.3 Å². The summed E-state index contributed by atoms with van der Waals surface area (Å²) >= 11 is 1.65. The summed E-state index contributed by atoms with van der Waals surface area (Å²) in [5.74, 6) is 0.0870. The molecule has 6 heteroatoms. The average Bonchev–Trinajstić information content (AvgIpc) is 3.03. The van der Waals surface area contributed by atoms with Gasteiger partial charge < -0.3 is 14.4 Å². The highest BCUT2D eigenvalue weighted by Gasteiger charge is 2.49. The normalized spacial score (nSPS) is 21.6. The number of aromatic nitrogens is 1. The summed E-state index contributed by atoms with van der Waals surface area (Å²) in [6, 6.07) is 7.75. The van der Waals surface area contributed by atoms with E-state index in [1.807, 2.05) is 43.0 Å². The number of amides is 1. The molecule has 0 aliphatic carbocycles. The van der Waals surface area contributed by atoms with Crippen LogP contribution in [-0.4, -0.2) is 47.2 Å². The number of carbonyl (C=O) groups excluding carboxylic acids is 1. The van der Waals surface area contributed by atoms with Crippen LogP contribution in [0.25, 0.3) is 0 Å². The van der Waals surface area contributed by atoms with E-state index in [2.05, 4.69) is 10.4 Å². The lowest BCUT2D eigenvalue weighted by atomic mass is 9.84. The minimum atomic E-state index is -0.236. The van der Waals surface area contributed by atoms with Gasteiger partial charge in [-0.1, -0.05) is 17.7 Å². The molecule has 1 aromatic carbocycles. The van der Waals surface area contributed by atoms with Gasteiger partial charge in [0, 0.05) is 24.0 Å². The summed E-state index contributed by atoms with van der Waals surface area (Å²) in [5, 5.41) is 3.12. The standard InChI is InChI=1S/C20H24N2O3S/c1-14-4-3-5-16(8-14)19(23)22-12-20(13-22)9-18(6-7-25-20)24-10-17-11-26-15(2)21-17/h3-5,8,11,18H,6-7,9-10,12-13H2,1-2H3/t18-/m0/s1. The summed E-state index contributed by atoms with van der Waals surface area (Å²) in [5.41, 5.74) is 2.62. The van der Waals surface area contributed by atoms with Crippen LogP contribution in [-0.2, 0) is 16.1 Å². The summed E-state index contributed by atoms with van der Waals surface area (Å²) < 4.78 is 12.1. The van der Waals surface area contributed by atoms with E-state index < -0.39 is 0 Å². The van der Waals surface area contributed by atoms with Crippen molar-refractivity contribution in [2.24, 2.45) is 0 Å². The minimum Gasteiger partial charge on any atom is -0.372 e. The molecular formula is C20H24N2O3S. The number of likely N-dealkylation sites (tertiary alicyclic amines) is 1. The molecule has 2 aliphatic heterocycles.